The topological polar surface area (TPSA) is 95.6 Å². The molecule has 0 unspecified atom stereocenters. The van der Waals surface area contributed by atoms with Crippen LogP contribution in [-0.4, -0.2) is 31.1 Å². The smallest absolute Gasteiger partial charge is 0.417 e. The lowest BCUT2D eigenvalue weighted by Gasteiger charge is -2.15. The molecule has 0 aliphatic carbocycles. The second-order valence-corrected chi connectivity index (χ2v) is 4.20. The molecule has 1 aromatic carbocycles. The molecule has 0 amide bonds. The van der Waals surface area contributed by atoms with Gasteiger partial charge >= 0.3 is 12.1 Å². The summed E-state index contributed by atoms with van der Waals surface area (Å²) in [6.07, 6.45) is -4.80. The number of aromatic carboxylic acids is 1. The molecule has 21 heavy (non-hydrogen) atoms. The van der Waals surface area contributed by atoms with Gasteiger partial charge in [0, 0.05) is 7.05 Å². The van der Waals surface area contributed by atoms with E-state index in [4.69, 9.17) is 5.11 Å². The van der Waals surface area contributed by atoms with Gasteiger partial charge in [0.15, 0.2) is 17.2 Å². The van der Waals surface area contributed by atoms with Gasteiger partial charge in [0.1, 0.15) is 0 Å². The van der Waals surface area contributed by atoms with Crippen LogP contribution in [0.4, 0.5) is 13.2 Å². The molecule has 0 fully saturated rings. The summed E-state index contributed by atoms with van der Waals surface area (Å²) >= 11 is 0. The van der Waals surface area contributed by atoms with Crippen molar-refractivity contribution in [1.82, 2.24) is 9.78 Å². The van der Waals surface area contributed by atoms with Gasteiger partial charge in [-0.05, 0) is 18.2 Å². The minimum absolute atomic E-state index is 0.284. The number of rotatable bonds is 2. The molecule has 2 rings (SSSR count). The largest absolute Gasteiger partial charge is 0.504 e. The van der Waals surface area contributed by atoms with Gasteiger partial charge in [0.05, 0.1) is 16.8 Å². The molecule has 0 aliphatic rings. The second kappa shape index (κ2) is 4.69. The van der Waals surface area contributed by atoms with E-state index in [2.05, 4.69) is 5.10 Å². The van der Waals surface area contributed by atoms with Crippen LogP contribution in [0.3, 0.4) is 0 Å². The normalized spacial score (nSPS) is 11.6. The van der Waals surface area contributed by atoms with Gasteiger partial charge in [-0.3, -0.25) is 4.68 Å². The average molecular weight is 302 g/mol. The van der Waals surface area contributed by atoms with Crippen LogP contribution in [0.1, 0.15) is 16.1 Å². The number of nitrogens with zero attached hydrogens (tertiary/aromatic N) is 2. The summed E-state index contributed by atoms with van der Waals surface area (Å²) in [4.78, 5) is 10.8. The molecule has 0 saturated carbocycles. The van der Waals surface area contributed by atoms with E-state index in [0.717, 1.165) is 10.7 Å². The number of aromatic nitrogens is 2. The lowest BCUT2D eigenvalue weighted by Crippen LogP contribution is -2.08. The van der Waals surface area contributed by atoms with E-state index in [0.29, 0.717) is 12.1 Å². The summed E-state index contributed by atoms with van der Waals surface area (Å²) in [6, 6.07) is 2.18. The Balaban J connectivity index is 2.79. The van der Waals surface area contributed by atoms with Crippen LogP contribution in [-0.2, 0) is 13.2 Å². The SMILES string of the molecule is Cn1nc(C(=O)O)cc1-c1c(C(F)(F)F)ccc(O)c1O. The average Bonchev–Trinajstić information content (AvgIpc) is 2.73. The molecule has 2 aromatic rings. The highest BCUT2D eigenvalue weighted by Crippen LogP contribution is 2.45. The predicted molar refractivity (Wildman–Crippen MR) is 63.9 cm³/mol. The Kier molecular flexibility index (Phi) is 3.28. The van der Waals surface area contributed by atoms with Gasteiger partial charge in [0.25, 0.3) is 0 Å². The standard InChI is InChI=1S/C12H9F3N2O4/c1-17-7(4-6(16-17)11(20)21)9-5(12(13,14)15)2-3-8(18)10(9)19/h2-4,18-19H,1H3,(H,20,21). The van der Waals surface area contributed by atoms with Gasteiger partial charge < -0.3 is 15.3 Å². The third-order valence-corrected chi connectivity index (χ3v) is 2.82. The van der Waals surface area contributed by atoms with Gasteiger partial charge in [-0.25, -0.2) is 4.79 Å². The highest BCUT2D eigenvalue weighted by atomic mass is 19.4. The van der Waals surface area contributed by atoms with Crippen LogP contribution in [0, 0.1) is 0 Å². The number of aryl methyl sites for hydroxylation is 1. The summed E-state index contributed by atoms with van der Waals surface area (Å²) in [6.45, 7) is 0. The van der Waals surface area contributed by atoms with Gasteiger partial charge in [-0.1, -0.05) is 0 Å². The van der Waals surface area contributed by atoms with Crippen LogP contribution in [0.25, 0.3) is 11.3 Å². The number of hydrogen-bond acceptors (Lipinski definition) is 4. The predicted octanol–water partition coefficient (Wildman–Crippen LogP) is 2.22. The third-order valence-electron chi connectivity index (χ3n) is 2.82. The van der Waals surface area contributed by atoms with E-state index in [1.165, 1.54) is 7.05 Å². The fourth-order valence-corrected chi connectivity index (χ4v) is 1.88. The third kappa shape index (κ3) is 2.49. The maximum atomic E-state index is 13.0. The molecule has 3 N–H and O–H groups in total. The number of phenols is 2. The zero-order valence-electron chi connectivity index (χ0n) is 10.5. The Bertz CT molecular complexity index is 722. The molecule has 6 nitrogen and oxygen atoms in total. The van der Waals surface area contributed by atoms with Crippen molar-refractivity contribution >= 4 is 5.97 Å². The zero-order chi connectivity index (χ0) is 15.9. The number of benzene rings is 1. The van der Waals surface area contributed by atoms with Crippen molar-refractivity contribution in [1.29, 1.82) is 0 Å². The van der Waals surface area contributed by atoms with Gasteiger partial charge in [-0.15, -0.1) is 0 Å². The van der Waals surface area contributed by atoms with E-state index in [1.807, 2.05) is 0 Å². The van der Waals surface area contributed by atoms with Crippen molar-refractivity contribution in [3.05, 3.63) is 29.5 Å². The molecule has 112 valence electrons. The Morgan fingerprint density at radius 2 is 1.90 bits per heavy atom. The maximum Gasteiger partial charge on any atom is 0.417 e. The van der Waals surface area contributed by atoms with Crippen molar-refractivity contribution in [2.24, 2.45) is 7.05 Å². The minimum Gasteiger partial charge on any atom is -0.504 e. The van der Waals surface area contributed by atoms with E-state index < -0.39 is 40.5 Å². The summed E-state index contributed by atoms with van der Waals surface area (Å²) in [5.74, 6) is -3.18. The number of phenolic OH excluding ortho intramolecular Hbond substituents is 2. The quantitative estimate of drug-likeness (QED) is 0.739. The molecule has 0 radical (unpaired) electrons. The maximum absolute atomic E-state index is 13.0. The van der Waals surface area contributed by atoms with Crippen molar-refractivity contribution in [3.8, 4) is 22.8 Å². The fraction of sp³-hybridized carbons (Fsp3) is 0.167. The van der Waals surface area contributed by atoms with Crippen LogP contribution >= 0.6 is 0 Å². The zero-order valence-corrected chi connectivity index (χ0v) is 10.5. The molecule has 0 saturated heterocycles. The second-order valence-electron chi connectivity index (χ2n) is 4.20. The summed E-state index contributed by atoms with van der Waals surface area (Å²) in [7, 11) is 1.23. The van der Waals surface area contributed by atoms with E-state index in [1.54, 1.807) is 0 Å². The first-order valence-electron chi connectivity index (χ1n) is 5.52. The summed E-state index contributed by atoms with van der Waals surface area (Å²) < 4.78 is 39.9. The van der Waals surface area contributed by atoms with Crippen molar-refractivity contribution < 1.29 is 33.3 Å². The van der Waals surface area contributed by atoms with Crippen molar-refractivity contribution in [2.75, 3.05) is 0 Å². The molecule has 0 atom stereocenters. The first-order valence-corrected chi connectivity index (χ1v) is 5.52. The minimum atomic E-state index is -4.80. The van der Waals surface area contributed by atoms with Crippen LogP contribution in [0.15, 0.2) is 18.2 Å². The molecule has 0 aliphatic heterocycles. The van der Waals surface area contributed by atoms with E-state index in [-0.39, 0.29) is 5.69 Å². The van der Waals surface area contributed by atoms with E-state index >= 15 is 0 Å². The number of hydrogen-bond donors (Lipinski definition) is 3. The first-order chi connectivity index (χ1) is 9.62. The number of carbonyl (C=O) groups is 1. The molecular formula is C12H9F3N2O4. The number of carboxylic acids is 1. The fourth-order valence-electron chi connectivity index (χ4n) is 1.88. The molecule has 1 aromatic heterocycles. The molecule has 9 heteroatoms. The summed E-state index contributed by atoms with van der Waals surface area (Å²) in [5.41, 5.74) is -2.71. The Hall–Kier alpha value is -2.71. The van der Waals surface area contributed by atoms with E-state index in [9.17, 15) is 28.2 Å². The molecular weight excluding hydrogens is 293 g/mol. The Morgan fingerprint density at radius 3 is 2.38 bits per heavy atom. The number of carboxylic acid groups (broad SMARTS) is 1. The number of alkyl halides is 3. The van der Waals surface area contributed by atoms with Crippen LogP contribution in [0.5, 0.6) is 11.5 Å². The molecule has 0 spiro atoms. The number of aromatic hydroxyl groups is 2. The Labute approximate surface area is 115 Å². The monoisotopic (exact) mass is 302 g/mol. The molecule has 1 heterocycles. The lowest BCUT2D eigenvalue weighted by atomic mass is 10.0. The van der Waals surface area contributed by atoms with Crippen LogP contribution < -0.4 is 0 Å². The highest BCUT2D eigenvalue weighted by molar-refractivity contribution is 5.88. The van der Waals surface area contributed by atoms with Crippen LogP contribution in [0.2, 0.25) is 0 Å². The number of halogens is 3. The van der Waals surface area contributed by atoms with Crippen molar-refractivity contribution in [2.45, 2.75) is 6.18 Å². The summed E-state index contributed by atoms with van der Waals surface area (Å²) in [5, 5.41) is 31.5. The Morgan fingerprint density at radius 1 is 1.29 bits per heavy atom. The van der Waals surface area contributed by atoms with Crippen molar-refractivity contribution in [3.63, 3.8) is 0 Å². The van der Waals surface area contributed by atoms with Gasteiger partial charge in [0.2, 0.25) is 0 Å². The first kappa shape index (κ1) is 14.7. The lowest BCUT2D eigenvalue weighted by molar-refractivity contribution is -0.137. The highest BCUT2D eigenvalue weighted by Gasteiger charge is 2.37. The molecule has 0 bridgehead atoms. The van der Waals surface area contributed by atoms with Gasteiger partial charge in [-0.2, -0.15) is 18.3 Å².